The van der Waals surface area contributed by atoms with Gasteiger partial charge in [-0.2, -0.15) is 0 Å². The van der Waals surface area contributed by atoms with E-state index in [0.717, 1.165) is 24.0 Å². The van der Waals surface area contributed by atoms with Crippen LogP contribution in [-0.2, 0) is 17.8 Å². The third-order valence-electron chi connectivity index (χ3n) is 3.32. The number of benzene rings is 1. The summed E-state index contributed by atoms with van der Waals surface area (Å²) in [5, 5.41) is 14.7. The van der Waals surface area contributed by atoms with Crippen molar-refractivity contribution in [1.82, 2.24) is 25.5 Å². The van der Waals surface area contributed by atoms with Crippen LogP contribution in [0.2, 0.25) is 10.0 Å². The molecule has 6 nitrogen and oxygen atoms in total. The van der Waals surface area contributed by atoms with Gasteiger partial charge in [0.1, 0.15) is 12.9 Å². The molecule has 1 aromatic heterocycles. The fraction of sp³-hybridized carbons (Fsp3) is 0.333. The Balaban J connectivity index is 1.72. The number of nitrogens with zero attached hydrogens (tertiary/aromatic N) is 4. The molecular weight excluding hydrogens is 301 g/mol. The van der Waals surface area contributed by atoms with E-state index in [-0.39, 0.29) is 18.5 Å². The lowest BCUT2D eigenvalue weighted by Crippen LogP contribution is -2.30. The van der Waals surface area contributed by atoms with Crippen molar-refractivity contribution in [3.8, 4) is 0 Å². The van der Waals surface area contributed by atoms with Crippen LogP contribution in [0.25, 0.3) is 0 Å². The zero-order valence-electron chi connectivity index (χ0n) is 10.4. The molecule has 1 aliphatic rings. The molecule has 20 heavy (non-hydrogen) atoms. The molecule has 1 aliphatic carbocycles. The SMILES string of the molecule is O=C(Cn1cnnn1)N[C@H]1CCc2c1ccc(Cl)c2Cl. The molecule has 0 saturated carbocycles. The Morgan fingerprint density at radius 2 is 2.30 bits per heavy atom. The maximum Gasteiger partial charge on any atom is 0.242 e. The molecule has 1 N–H and O–H groups in total. The number of carbonyl (C=O) groups is 1. The maximum absolute atomic E-state index is 11.9. The maximum atomic E-state index is 11.9. The topological polar surface area (TPSA) is 72.7 Å². The van der Waals surface area contributed by atoms with Gasteiger partial charge in [-0.3, -0.25) is 4.79 Å². The average molecular weight is 312 g/mol. The zero-order chi connectivity index (χ0) is 14.1. The minimum absolute atomic E-state index is 0.0382. The van der Waals surface area contributed by atoms with Crippen LogP contribution >= 0.6 is 23.2 Å². The number of hydrogen-bond acceptors (Lipinski definition) is 4. The van der Waals surface area contributed by atoms with Crippen molar-refractivity contribution >= 4 is 29.1 Å². The predicted molar refractivity (Wildman–Crippen MR) is 73.5 cm³/mol. The highest BCUT2D eigenvalue weighted by molar-refractivity contribution is 6.42. The first-order valence-corrected chi connectivity index (χ1v) is 6.87. The third kappa shape index (κ3) is 2.48. The first-order valence-electron chi connectivity index (χ1n) is 6.12. The number of halogens is 2. The summed E-state index contributed by atoms with van der Waals surface area (Å²) in [5.74, 6) is -0.138. The summed E-state index contributed by atoms with van der Waals surface area (Å²) < 4.78 is 1.38. The molecule has 1 aromatic carbocycles. The second-order valence-electron chi connectivity index (χ2n) is 4.60. The minimum Gasteiger partial charge on any atom is -0.348 e. The Hall–Kier alpha value is -1.66. The van der Waals surface area contributed by atoms with Gasteiger partial charge in [-0.15, -0.1) is 5.10 Å². The number of rotatable bonds is 3. The van der Waals surface area contributed by atoms with E-state index in [9.17, 15) is 4.79 Å². The quantitative estimate of drug-likeness (QED) is 0.938. The lowest BCUT2D eigenvalue weighted by Gasteiger charge is -2.14. The number of nitrogens with one attached hydrogen (secondary N) is 1. The second kappa shape index (κ2) is 5.38. The molecule has 104 valence electrons. The zero-order valence-corrected chi connectivity index (χ0v) is 11.9. The molecule has 1 amide bonds. The van der Waals surface area contributed by atoms with Gasteiger partial charge in [0, 0.05) is 0 Å². The molecule has 0 saturated heterocycles. The molecule has 1 heterocycles. The van der Waals surface area contributed by atoms with Gasteiger partial charge in [-0.1, -0.05) is 29.3 Å². The summed E-state index contributed by atoms with van der Waals surface area (Å²) in [5.41, 5.74) is 2.05. The molecule has 2 aromatic rings. The number of hydrogen-bond donors (Lipinski definition) is 1. The number of tetrazole rings is 1. The van der Waals surface area contributed by atoms with Crippen molar-refractivity contribution in [2.45, 2.75) is 25.4 Å². The van der Waals surface area contributed by atoms with Crippen LogP contribution < -0.4 is 5.32 Å². The molecule has 8 heteroatoms. The van der Waals surface area contributed by atoms with Crippen LogP contribution in [0.3, 0.4) is 0 Å². The van der Waals surface area contributed by atoms with Gasteiger partial charge < -0.3 is 5.32 Å². The first kappa shape index (κ1) is 13.3. The Morgan fingerprint density at radius 3 is 3.05 bits per heavy atom. The van der Waals surface area contributed by atoms with Crippen LogP contribution in [0.1, 0.15) is 23.6 Å². The van der Waals surface area contributed by atoms with E-state index in [0.29, 0.717) is 10.0 Å². The molecule has 0 bridgehead atoms. The van der Waals surface area contributed by atoms with Crippen LogP contribution in [0.5, 0.6) is 0 Å². The largest absolute Gasteiger partial charge is 0.348 e. The van der Waals surface area contributed by atoms with Gasteiger partial charge >= 0.3 is 0 Å². The van der Waals surface area contributed by atoms with E-state index < -0.39 is 0 Å². The van der Waals surface area contributed by atoms with Crippen molar-refractivity contribution < 1.29 is 4.79 Å². The van der Waals surface area contributed by atoms with E-state index in [1.54, 1.807) is 6.07 Å². The molecule has 0 spiro atoms. The predicted octanol–water partition coefficient (Wildman–Crippen LogP) is 1.78. The molecule has 0 fully saturated rings. The highest BCUT2D eigenvalue weighted by Crippen LogP contribution is 2.38. The van der Waals surface area contributed by atoms with Gasteiger partial charge in [0.15, 0.2) is 0 Å². The Kier molecular flexibility index (Phi) is 3.58. The lowest BCUT2D eigenvalue weighted by molar-refractivity contribution is -0.122. The second-order valence-corrected chi connectivity index (χ2v) is 5.38. The summed E-state index contributed by atoms with van der Waals surface area (Å²) in [4.78, 5) is 11.9. The summed E-state index contributed by atoms with van der Waals surface area (Å²) >= 11 is 12.2. The van der Waals surface area contributed by atoms with Crippen molar-refractivity contribution in [3.63, 3.8) is 0 Å². The van der Waals surface area contributed by atoms with E-state index in [2.05, 4.69) is 20.8 Å². The van der Waals surface area contributed by atoms with Crippen LogP contribution in [-0.4, -0.2) is 26.1 Å². The molecule has 0 aliphatic heterocycles. The normalized spacial score (nSPS) is 17.0. The average Bonchev–Trinajstić information content (AvgIpc) is 3.04. The Morgan fingerprint density at radius 1 is 1.45 bits per heavy atom. The van der Waals surface area contributed by atoms with E-state index in [4.69, 9.17) is 23.2 Å². The van der Waals surface area contributed by atoms with Crippen molar-refractivity contribution in [1.29, 1.82) is 0 Å². The summed E-state index contributed by atoms with van der Waals surface area (Å²) in [6.07, 6.45) is 3.03. The van der Waals surface area contributed by atoms with Crippen LogP contribution in [0.4, 0.5) is 0 Å². The molecule has 3 rings (SSSR count). The number of fused-ring (bicyclic) bond motifs is 1. The summed E-state index contributed by atoms with van der Waals surface area (Å²) in [6.45, 7) is 0.0974. The van der Waals surface area contributed by atoms with E-state index >= 15 is 0 Å². The molecular formula is C12H11Cl2N5O. The Labute approximate surface area is 125 Å². The fourth-order valence-corrected chi connectivity index (χ4v) is 2.87. The monoisotopic (exact) mass is 311 g/mol. The van der Waals surface area contributed by atoms with Gasteiger partial charge in [-0.05, 0) is 40.5 Å². The number of amides is 1. The highest BCUT2D eigenvalue weighted by Gasteiger charge is 2.26. The van der Waals surface area contributed by atoms with Crippen molar-refractivity contribution in [2.75, 3.05) is 0 Å². The van der Waals surface area contributed by atoms with Crippen molar-refractivity contribution in [2.24, 2.45) is 0 Å². The highest BCUT2D eigenvalue weighted by atomic mass is 35.5. The minimum atomic E-state index is -0.138. The van der Waals surface area contributed by atoms with Gasteiger partial charge in [-0.25, -0.2) is 4.68 Å². The molecule has 1 atom stereocenters. The van der Waals surface area contributed by atoms with Crippen LogP contribution in [0, 0.1) is 0 Å². The standard InChI is InChI=1S/C12H11Cl2N5O/c13-9-3-1-7-8(12(9)14)2-4-10(7)16-11(20)5-19-6-15-17-18-19/h1,3,6,10H,2,4-5H2,(H,16,20)/t10-/m0/s1. The number of aromatic nitrogens is 4. The summed E-state index contributed by atoms with van der Waals surface area (Å²) in [7, 11) is 0. The van der Waals surface area contributed by atoms with E-state index in [1.165, 1.54) is 11.0 Å². The first-order chi connectivity index (χ1) is 9.65. The number of carbonyl (C=O) groups excluding carboxylic acids is 1. The molecule has 0 unspecified atom stereocenters. The van der Waals surface area contributed by atoms with E-state index in [1.807, 2.05) is 6.07 Å². The summed E-state index contributed by atoms with van der Waals surface area (Å²) in [6, 6.07) is 3.64. The van der Waals surface area contributed by atoms with Crippen LogP contribution in [0.15, 0.2) is 18.5 Å². The molecule has 0 radical (unpaired) electrons. The Bertz CT molecular complexity index is 644. The lowest BCUT2D eigenvalue weighted by atomic mass is 10.1. The fourth-order valence-electron chi connectivity index (χ4n) is 2.42. The van der Waals surface area contributed by atoms with Crippen molar-refractivity contribution in [3.05, 3.63) is 39.6 Å². The van der Waals surface area contributed by atoms with Gasteiger partial charge in [0.2, 0.25) is 5.91 Å². The van der Waals surface area contributed by atoms with Gasteiger partial charge in [0.25, 0.3) is 0 Å². The third-order valence-corrected chi connectivity index (χ3v) is 4.17. The van der Waals surface area contributed by atoms with Gasteiger partial charge in [0.05, 0.1) is 16.1 Å². The smallest absolute Gasteiger partial charge is 0.242 e.